The van der Waals surface area contributed by atoms with Gasteiger partial charge in [0.2, 0.25) is 5.56 Å². The molecule has 10 heteroatoms. The van der Waals surface area contributed by atoms with Gasteiger partial charge in [0, 0.05) is 30.6 Å². The van der Waals surface area contributed by atoms with E-state index in [1.807, 2.05) is 18.2 Å². The summed E-state index contributed by atoms with van der Waals surface area (Å²) in [7, 11) is 0. The summed E-state index contributed by atoms with van der Waals surface area (Å²) in [6.45, 7) is 2.26. The zero-order valence-corrected chi connectivity index (χ0v) is 21.8. The average molecular weight is 514 g/mol. The molecule has 0 fully saturated rings. The number of aromatic amines is 2. The average Bonchev–Trinajstić information content (AvgIpc) is 3.37. The first-order valence-corrected chi connectivity index (χ1v) is 13.1. The number of pyridine rings is 1. The number of nitrogens with one attached hydrogen (secondary N) is 3. The van der Waals surface area contributed by atoms with E-state index in [1.54, 1.807) is 18.5 Å². The minimum atomic E-state index is -1.05. The molecule has 0 aliphatic heterocycles. The third-order valence-corrected chi connectivity index (χ3v) is 6.48. The van der Waals surface area contributed by atoms with Crippen molar-refractivity contribution in [2.75, 3.05) is 11.9 Å². The Morgan fingerprint density at radius 1 is 1.11 bits per heavy atom. The normalized spacial score (nSPS) is 14.1. The zero-order valence-electron chi connectivity index (χ0n) is 21.8. The molecule has 0 aliphatic carbocycles. The number of H-pyrrole nitrogens is 2. The molecule has 0 saturated heterocycles. The summed E-state index contributed by atoms with van der Waals surface area (Å²) in [6, 6.07) is 7.09. The molecule has 0 radical (unpaired) electrons. The van der Waals surface area contributed by atoms with E-state index in [9.17, 15) is 14.7 Å². The van der Waals surface area contributed by atoms with Gasteiger partial charge in [-0.1, -0.05) is 38.7 Å². The minimum absolute atomic E-state index is 0.0872. The van der Waals surface area contributed by atoms with Gasteiger partial charge in [0.15, 0.2) is 5.96 Å². The fraction of sp³-hybridized carbons (Fsp3) is 0.519. The number of aliphatic carboxylic acids is 1. The molecular formula is C27H43N7O3. The van der Waals surface area contributed by atoms with Gasteiger partial charge in [-0.15, -0.1) is 0 Å². The summed E-state index contributed by atoms with van der Waals surface area (Å²) in [5.74, 6) is -0.0355. The summed E-state index contributed by atoms with van der Waals surface area (Å²) in [5, 5.41) is 12.9. The van der Waals surface area contributed by atoms with Gasteiger partial charge < -0.3 is 37.6 Å². The molecule has 2 aromatic heterocycles. The number of hydrogen-bond acceptors (Lipinski definition) is 5. The van der Waals surface area contributed by atoms with Crippen LogP contribution in [0.1, 0.15) is 63.9 Å². The van der Waals surface area contributed by atoms with Gasteiger partial charge >= 0.3 is 5.97 Å². The van der Waals surface area contributed by atoms with E-state index in [1.165, 1.54) is 6.08 Å². The van der Waals surface area contributed by atoms with Gasteiger partial charge in [0.1, 0.15) is 5.82 Å². The van der Waals surface area contributed by atoms with Crippen LogP contribution >= 0.6 is 0 Å². The first kappa shape index (κ1) is 29.7. The summed E-state index contributed by atoms with van der Waals surface area (Å²) in [5.41, 5.74) is 18.9. The molecule has 3 unspecified atom stereocenters. The van der Waals surface area contributed by atoms with Gasteiger partial charge in [0.25, 0.3) is 0 Å². The van der Waals surface area contributed by atoms with E-state index >= 15 is 0 Å². The number of unbranched alkanes of at least 4 members (excludes halogenated alkanes) is 1. The van der Waals surface area contributed by atoms with Crippen molar-refractivity contribution in [1.29, 1.82) is 0 Å². The van der Waals surface area contributed by atoms with Crippen molar-refractivity contribution in [3.63, 3.8) is 0 Å². The van der Waals surface area contributed by atoms with E-state index in [-0.39, 0.29) is 30.1 Å². The molecule has 0 saturated carbocycles. The fourth-order valence-electron chi connectivity index (χ4n) is 4.49. The highest BCUT2D eigenvalue weighted by atomic mass is 16.4. The van der Waals surface area contributed by atoms with Crippen molar-refractivity contribution in [3.05, 3.63) is 64.2 Å². The van der Waals surface area contributed by atoms with E-state index < -0.39 is 5.97 Å². The largest absolute Gasteiger partial charge is 0.478 e. The summed E-state index contributed by atoms with van der Waals surface area (Å²) >= 11 is 0. The lowest BCUT2D eigenvalue weighted by Gasteiger charge is -2.25. The molecule has 2 aromatic rings. The molecule has 0 spiro atoms. The van der Waals surface area contributed by atoms with E-state index in [0.29, 0.717) is 17.9 Å². The smallest absolute Gasteiger partial charge is 0.328 e. The van der Waals surface area contributed by atoms with Crippen LogP contribution in [-0.2, 0) is 11.2 Å². The Kier molecular flexibility index (Phi) is 13.1. The summed E-state index contributed by atoms with van der Waals surface area (Å²) in [4.78, 5) is 33.0. The number of aromatic nitrogens is 2. The van der Waals surface area contributed by atoms with Gasteiger partial charge in [-0.05, 0) is 61.3 Å². The number of guanidine groups is 1. The maximum atomic E-state index is 11.6. The zero-order chi connectivity index (χ0) is 27.0. The number of aliphatic imine (C=N–C) groups is 1. The molecule has 0 aliphatic rings. The lowest BCUT2D eigenvalue weighted by molar-refractivity contribution is -0.131. The molecule has 0 amide bonds. The first-order valence-electron chi connectivity index (χ1n) is 13.1. The lowest BCUT2D eigenvalue weighted by Crippen LogP contribution is -2.28. The maximum absolute atomic E-state index is 11.6. The standard InChI is InChI=1S/C27H43N7O3/c1-2-3-7-22(28)8-4-6-19(15-20-11-13-25(35)32-17-20)10-12-23(34-24-9-5-14-31-24)21(16-26(36)37)18-33-27(29)30/h5,9,11,13-14,16-17,19,22-23,31,34H,2-4,6-8,10,12,15,18,28H2,1H3,(H,32,35)(H,36,37)(H4,29,30,33). The molecule has 10 nitrogen and oxygen atoms in total. The molecule has 10 N–H and O–H groups in total. The number of anilines is 1. The first-order chi connectivity index (χ1) is 17.8. The highest BCUT2D eigenvalue weighted by Gasteiger charge is 2.20. The Hall–Kier alpha value is -3.53. The number of carboxylic acid groups (broad SMARTS) is 1. The van der Waals surface area contributed by atoms with Crippen molar-refractivity contribution in [1.82, 2.24) is 9.97 Å². The van der Waals surface area contributed by atoms with Gasteiger partial charge in [0.05, 0.1) is 12.6 Å². The van der Waals surface area contributed by atoms with Crippen LogP contribution in [0, 0.1) is 5.92 Å². The summed E-state index contributed by atoms with van der Waals surface area (Å²) < 4.78 is 0. The Bertz CT molecular complexity index is 1020. The van der Waals surface area contributed by atoms with Crippen LogP contribution in [0.2, 0.25) is 0 Å². The van der Waals surface area contributed by atoms with Crippen molar-refractivity contribution >= 4 is 17.7 Å². The molecule has 3 atom stereocenters. The van der Waals surface area contributed by atoms with Crippen LogP contribution < -0.4 is 28.1 Å². The van der Waals surface area contributed by atoms with Crippen LogP contribution in [-0.4, -0.2) is 45.6 Å². The Labute approximate surface area is 218 Å². The van der Waals surface area contributed by atoms with E-state index in [0.717, 1.165) is 62.7 Å². The van der Waals surface area contributed by atoms with Crippen LogP contribution in [0.4, 0.5) is 5.82 Å². The van der Waals surface area contributed by atoms with Crippen LogP contribution in [0.3, 0.4) is 0 Å². The van der Waals surface area contributed by atoms with Crippen LogP contribution in [0.15, 0.2) is 58.1 Å². The second-order valence-electron chi connectivity index (χ2n) is 9.62. The third kappa shape index (κ3) is 12.3. The minimum Gasteiger partial charge on any atom is -0.478 e. The third-order valence-electron chi connectivity index (χ3n) is 6.48. The number of nitrogens with zero attached hydrogens (tertiary/aromatic N) is 1. The highest BCUT2D eigenvalue weighted by molar-refractivity contribution is 5.81. The maximum Gasteiger partial charge on any atom is 0.328 e. The highest BCUT2D eigenvalue weighted by Crippen LogP contribution is 2.25. The Balaban J connectivity index is 2.17. The van der Waals surface area contributed by atoms with Crippen LogP contribution in [0.5, 0.6) is 0 Å². The van der Waals surface area contributed by atoms with E-state index in [2.05, 4.69) is 27.2 Å². The second-order valence-corrected chi connectivity index (χ2v) is 9.62. The number of carboxylic acids is 1. The van der Waals surface area contributed by atoms with Crippen molar-refractivity contribution in [3.8, 4) is 0 Å². The Morgan fingerprint density at radius 2 is 1.89 bits per heavy atom. The number of nitrogens with two attached hydrogens (primary N) is 3. The molecule has 2 heterocycles. The molecule has 2 rings (SSSR count). The van der Waals surface area contributed by atoms with Gasteiger partial charge in [-0.2, -0.15) is 0 Å². The van der Waals surface area contributed by atoms with Gasteiger partial charge in [-0.25, -0.2) is 9.79 Å². The fourth-order valence-corrected chi connectivity index (χ4v) is 4.49. The van der Waals surface area contributed by atoms with E-state index in [4.69, 9.17) is 17.2 Å². The molecular weight excluding hydrogens is 470 g/mol. The van der Waals surface area contributed by atoms with Crippen LogP contribution in [0.25, 0.3) is 0 Å². The van der Waals surface area contributed by atoms with Crippen molar-refractivity contribution < 1.29 is 9.90 Å². The number of hydrogen-bond donors (Lipinski definition) is 7. The second kappa shape index (κ2) is 16.3. The molecule has 0 bridgehead atoms. The topological polar surface area (TPSA) is 188 Å². The predicted octanol–water partition coefficient (Wildman–Crippen LogP) is 3.09. The van der Waals surface area contributed by atoms with Crippen molar-refractivity contribution in [2.24, 2.45) is 28.1 Å². The Morgan fingerprint density at radius 3 is 2.51 bits per heavy atom. The lowest BCUT2D eigenvalue weighted by atomic mass is 9.87. The molecule has 204 valence electrons. The SMILES string of the molecule is CCCCC(N)CCCC(CCC(Nc1ccc[nH]1)C(=CC(=O)O)CN=C(N)N)Cc1ccc(=O)[nH]c1. The number of carbonyl (C=O) groups is 1. The van der Waals surface area contributed by atoms with Gasteiger partial charge in [-0.3, -0.25) is 4.79 Å². The van der Waals surface area contributed by atoms with Crippen molar-refractivity contribution in [2.45, 2.75) is 76.8 Å². The monoisotopic (exact) mass is 513 g/mol. The quantitative estimate of drug-likeness (QED) is 0.0905. The summed E-state index contributed by atoms with van der Waals surface area (Å²) in [6.07, 6.45) is 13.4. The molecule has 37 heavy (non-hydrogen) atoms. The molecule has 0 aromatic carbocycles. The predicted molar refractivity (Wildman–Crippen MR) is 149 cm³/mol. The number of rotatable bonds is 18.